The number of amides is 2. The van der Waals surface area contributed by atoms with E-state index in [0.29, 0.717) is 22.7 Å². The molecular weight excluding hydrogens is 409 g/mol. The maximum absolute atomic E-state index is 13.0. The Morgan fingerprint density at radius 2 is 1.72 bits per heavy atom. The summed E-state index contributed by atoms with van der Waals surface area (Å²) in [5, 5.41) is 5.63. The monoisotopic (exact) mass is 429 g/mol. The highest BCUT2D eigenvalue weighted by Gasteiger charge is 2.10. The summed E-state index contributed by atoms with van der Waals surface area (Å²) in [5.41, 5.74) is 3.22. The minimum absolute atomic E-state index is 0.252. The van der Waals surface area contributed by atoms with Gasteiger partial charge in [0.2, 0.25) is 11.8 Å². The molecule has 32 heavy (non-hydrogen) atoms. The van der Waals surface area contributed by atoms with Crippen LogP contribution in [0.4, 0.5) is 10.1 Å². The summed E-state index contributed by atoms with van der Waals surface area (Å²) in [5.74, 6) is -0.655. The SMILES string of the molecule is CC(NC(=O)/C=C/c1nc2ccccc2o1)c1ccc(NC(=O)c2ccc(F)cc2)cc1. The van der Waals surface area contributed by atoms with Gasteiger partial charge in [0.25, 0.3) is 5.91 Å². The number of nitrogens with zero attached hydrogens (tertiary/aromatic N) is 1. The Balaban J connectivity index is 1.33. The van der Waals surface area contributed by atoms with Gasteiger partial charge < -0.3 is 15.1 Å². The second-order valence-electron chi connectivity index (χ2n) is 7.17. The first-order valence-corrected chi connectivity index (χ1v) is 9.99. The van der Waals surface area contributed by atoms with Gasteiger partial charge in [-0.2, -0.15) is 0 Å². The van der Waals surface area contributed by atoms with Gasteiger partial charge in [0.1, 0.15) is 11.3 Å². The highest BCUT2D eigenvalue weighted by Crippen LogP contribution is 2.18. The zero-order valence-electron chi connectivity index (χ0n) is 17.2. The van der Waals surface area contributed by atoms with Crippen molar-refractivity contribution in [3.8, 4) is 0 Å². The van der Waals surface area contributed by atoms with E-state index in [1.807, 2.05) is 43.3 Å². The largest absolute Gasteiger partial charge is 0.437 e. The molecule has 2 amide bonds. The lowest BCUT2D eigenvalue weighted by Gasteiger charge is -2.14. The van der Waals surface area contributed by atoms with E-state index >= 15 is 0 Å². The Morgan fingerprint density at radius 3 is 2.44 bits per heavy atom. The number of halogens is 1. The quantitative estimate of drug-likeness (QED) is 0.417. The Bertz CT molecular complexity index is 1250. The Labute approximate surface area is 183 Å². The van der Waals surface area contributed by atoms with Gasteiger partial charge >= 0.3 is 0 Å². The topological polar surface area (TPSA) is 84.2 Å². The molecule has 0 aliphatic rings. The van der Waals surface area contributed by atoms with Crippen molar-refractivity contribution in [1.82, 2.24) is 10.3 Å². The van der Waals surface area contributed by atoms with Crippen molar-refractivity contribution in [1.29, 1.82) is 0 Å². The third-order valence-corrected chi connectivity index (χ3v) is 4.82. The molecule has 1 atom stereocenters. The molecule has 160 valence electrons. The van der Waals surface area contributed by atoms with Crippen LogP contribution in [-0.4, -0.2) is 16.8 Å². The molecule has 2 N–H and O–H groups in total. The first-order chi connectivity index (χ1) is 15.5. The minimum atomic E-state index is -0.398. The number of nitrogens with one attached hydrogen (secondary N) is 2. The first-order valence-electron chi connectivity index (χ1n) is 9.99. The van der Waals surface area contributed by atoms with Crippen LogP contribution in [0.2, 0.25) is 0 Å². The van der Waals surface area contributed by atoms with Crippen LogP contribution in [0.5, 0.6) is 0 Å². The van der Waals surface area contributed by atoms with Gasteiger partial charge in [-0.3, -0.25) is 9.59 Å². The molecule has 0 saturated heterocycles. The number of rotatable bonds is 6. The number of hydrogen-bond donors (Lipinski definition) is 2. The van der Waals surface area contributed by atoms with E-state index in [2.05, 4.69) is 15.6 Å². The van der Waals surface area contributed by atoms with E-state index in [9.17, 15) is 14.0 Å². The molecule has 3 aromatic carbocycles. The molecule has 0 radical (unpaired) electrons. The molecule has 6 nitrogen and oxygen atoms in total. The minimum Gasteiger partial charge on any atom is -0.437 e. The van der Waals surface area contributed by atoms with Crippen molar-refractivity contribution >= 4 is 34.7 Å². The lowest BCUT2D eigenvalue weighted by molar-refractivity contribution is -0.117. The number of anilines is 1. The summed E-state index contributed by atoms with van der Waals surface area (Å²) >= 11 is 0. The van der Waals surface area contributed by atoms with E-state index in [-0.39, 0.29) is 17.9 Å². The molecule has 0 saturated carbocycles. The molecule has 4 rings (SSSR count). The fourth-order valence-corrected chi connectivity index (χ4v) is 3.11. The number of fused-ring (bicyclic) bond motifs is 1. The lowest BCUT2D eigenvalue weighted by atomic mass is 10.1. The summed E-state index contributed by atoms with van der Waals surface area (Å²) < 4.78 is 18.6. The van der Waals surface area contributed by atoms with Crippen LogP contribution >= 0.6 is 0 Å². The van der Waals surface area contributed by atoms with Crippen molar-refractivity contribution < 1.29 is 18.4 Å². The zero-order chi connectivity index (χ0) is 22.5. The lowest BCUT2D eigenvalue weighted by Crippen LogP contribution is -2.24. The zero-order valence-corrected chi connectivity index (χ0v) is 17.2. The van der Waals surface area contributed by atoms with Gasteiger partial charge in [-0.1, -0.05) is 24.3 Å². The van der Waals surface area contributed by atoms with E-state index in [4.69, 9.17) is 4.42 Å². The fraction of sp³-hybridized carbons (Fsp3) is 0.0800. The number of carbonyl (C=O) groups excluding carboxylic acids is 2. The average Bonchev–Trinajstić information content (AvgIpc) is 3.22. The highest BCUT2D eigenvalue weighted by molar-refractivity contribution is 6.04. The summed E-state index contributed by atoms with van der Waals surface area (Å²) in [6.45, 7) is 1.86. The van der Waals surface area contributed by atoms with E-state index in [1.165, 1.54) is 36.4 Å². The maximum Gasteiger partial charge on any atom is 0.255 e. The van der Waals surface area contributed by atoms with Crippen molar-refractivity contribution in [3.63, 3.8) is 0 Å². The van der Waals surface area contributed by atoms with Gasteiger partial charge in [0.05, 0.1) is 6.04 Å². The van der Waals surface area contributed by atoms with Gasteiger partial charge in [0, 0.05) is 23.4 Å². The third-order valence-electron chi connectivity index (χ3n) is 4.82. The summed E-state index contributed by atoms with van der Waals surface area (Å²) in [4.78, 5) is 28.8. The predicted molar refractivity (Wildman–Crippen MR) is 120 cm³/mol. The number of para-hydroxylation sites is 2. The molecule has 0 fully saturated rings. The second kappa shape index (κ2) is 9.26. The van der Waals surface area contributed by atoms with Gasteiger partial charge in [-0.25, -0.2) is 9.37 Å². The summed E-state index contributed by atoms with van der Waals surface area (Å²) in [7, 11) is 0. The van der Waals surface area contributed by atoms with Crippen LogP contribution in [0.1, 0.15) is 34.8 Å². The van der Waals surface area contributed by atoms with Gasteiger partial charge in [-0.05, 0) is 61.0 Å². The number of oxazole rings is 1. The molecule has 0 aliphatic carbocycles. The van der Waals surface area contributed by atoms with Crippen molar-refractivity contribution in [2.24, 2.45) is 0 Å². The van der Waals surface area contributed by atoms with Crippen molar-refractivity contribution in [3.05, 3.63) is 102 Å². The van der Waals surface area contributed by atoms with E-state index < -0.39 is 5.82 Å². The Morgan fingerprint density at radius 1 is 1.00 bits per heavy atom. The van der Waals surface area contributed by atoms with Crippen LogP contribution in [0.3, 0.4) is 0 Å². The smallest absolute Gasteiger partial charge is 0.255 e. The normalized spacial score (nSPS) is 12.1. The fourth-order valence-electron chi connectivity index (χ4n) is 3.11. The number of hydrogen-bond acceptors (Lipinski definition) is 4. The molecule has 7 heteroatoms. The molecular formula is C25H20FN3O3. The van der Waals surface area contributed by atoms with Crippen LogP contribution in [0.15, 0.2) is 83.3 Å². The number of aromatic nitrogens is 1. The first kappa shape index (κ1) is 21.0. The summed E-state index contributed by atoms with van der Waals surface area (Å²) in [6.07, 6.45) is 2.90. The molecule has 1 unspecified atom stereocenters. The van der Waals surface area contributed by atoms with Gasteiger partial charge in [-0.15, -0.1) is 0 Å². The molecule has 4 aromatic rings. The van der Waals surface area contributed by atoms with Crippen LogP contribution in [-0.2, 0) is 4.79 Å². The Hall–Kier alpha value is -4.26. The average molecular weight is 429 g/mol. The molecule has 0 bridgehead atoms. The van der Waals surface area contributed by atoms with Crippen molar-refractivity contribution in [2.75, 3.05) is 5.32 Å². The second-order valence-corrected chi connectivity index (χ2v) is 7.17. The van der Waals surface area contributed by atoms with Crippen molar-refractivity contribution in [2.45, 2.75) is 13.0 Å². The summed E-state index contributed by atoms with van der Waals surface area (Å²) in [6, 6.07) is 19.6. The predicted octanol–water partition coefficient (Wildman–Crippen LogP) is 5.11. The Kier molecular flexibility index (Phi) is 6.07. The van der Waals surface area contributed by atoms with Crippen LogP contribution in [0.25, 0.3) is 17.2 Å². The number of carbonyl (C=O) groups is 2. The van der Waals surface area contributed by atoms with E-state index in [1.54, 1.807) is 12.1 Å². The highest BCUT2D eigenvalue weighted by atomic mass is 19.1. The maximum atomic E-state index is 13.0. The van der Waals surface area contributed by atoms with Crippen LogP contribution in [0, 0.1) is 5.82 Å². The van der Waals surface area contributed by atoms with Gasteiger partial charge in [0.15, 0.2) is 5.58 Å². The van der Waals surface area contributed by atoms with E-state index in [0.717, 1.165) is 11.1 Å². The molecule has 1 heterocycles. The number of benzene rings is 3. The molecule has 0 spiro atoms. The molecule has 0 aliphatic heterocycles. The third kappa shape index (κ3) is 5.07. The van der Waals surface area contributed by atoms with Crippen LogP contribution < -0.4 is 10.6 Å². The molecule has 1 aromatic heterocycles. The standard InChI is InChI=1S/C25H20FN3O3/c1-16(27-23(30)14-15-24-29-21-4-2-3-5-22(21)32-24)17-8-12-20(13-9-17)28-25(31)18-6-10-19(26)11-7-18/h2-16H,1H3,(H,27,30)(H,28,31)/b15-14+.